The number of aromatic nitrogens is 2. The van der Waals surface area contributed by atoms with Gasteiger partial charge in [0.05, 0.1) is 31.8 Å². The van der Waals surface area contributed by atoms with E-state index < -0.39 is 0 Å². The van der Waals surface area contributed by atoms with Crippen molar-refractivity contribution in [3.8, 4) is 11.5 Å². The number of amides is 1. The first-order valence-electron chi connectivity index (χ1n) is 10.7. The molecule has 2 heterocycles. The number of benzene rings is 1. The minimum atomic E-state index is -0.384. The summed E-state index contributed by atoms with van der Waals surface area (Å²) in [6.07, 6.45) is 1.43. The van der Waals surface area contributed by atoms with Gasteiger partial charge in [-0.3, -0.25) is 4.79 Å². The molecule has 33 heavy (non-hydrogen) atoms. The second kappa shape index (κ2) is 11.0. The molecule has 3 rings (SSSR count). The zero-order chi connectivity index (χ0) is 24.0. The highest BCUT2D eigenvalue weighted by atomic mass is 32.1. The lowest BCUT2D eigenvalue weighted by Gasteiger charge is -2.19. The van der Waals surface area contributed by atoms with E-state index in [1.807, 2.05) is 20.8 Å². The number of rotatable bonds is 10. The van der Waals surface area contributed by atoms with E-state index in [1.165, 1.54) is 17.7 Å². The maximum absolute atomic E-state index is 12.8. The fourth-order valence-corrected chi connectivity index (χ4v) is 4.39. The number of hydrogen-bond acceptors (Lipinski definition) is 9. The second-order valence-corrected chi connectivity index (χ2v) is 8.08. The molecule has 0 unspecified atom stereocenters. The van der Waals surface area contributed by atoms with Gasteiger partial charge in [0.15, 0.2) is 11.5 Å². The Labute approximate surface area is 196 Å². The number of esters is 1. The van der Waals surface area contributed by atoms with Crippen LogP contribution in [0.15, 0.2) is 24.5 Å². The number of carbonyl (C=O) groups is 2. The molecule has 0 fully saturated rings. The molecule has 0 atom stereocenters. The minimum absolute atomic E-state index is 0.0489. The molecule has 0 spiro atoms. The second-order valence-electron chi connectivity index (χ2n) is 7.09. The van der Waals surface area contributed by atoms with Gasteiger partial charge in [-0.15, -0.1) is 11.3 Å². The van der Waals surface area contributed by atoms with E-state index in [0.717, 1.165) is 10.9 Å². The number of fused-ring (bicyclic) bond motifs is 1. The molecule has 0 aliphatic heterocycles. The summed E-state index contributed by atoms with van der Waals surface area (Å²) in [6, 6.07) is 5.28. The van der Waals surface area contributed by atoms with Crippen LogP contribution in [0.1, 0.15) is 36.0 Å². The maximum Gasteiger partial charge on any atom is 0.348 e. The van der Waals surface area contributed by atoms with Crippen molar-refractivity contribution in [2.75, 3.05) is 43.6 Å². The number of aryl methyl sites for hydroxylation is 1. The number of likely N-dealkylation sites (N-methyl/N-ethyl adjacent to an activating group) is 1. The van der Waals surface area contributed by atoms with Crippen LogP contribution in [0.5, 0.6) is 11.5 Å². The normalized spacial score (nSPS) is 10.7. The lowest BCUT2D eigenvalue weighted by Crippen LogP contribution is -2.30. The first-order valence-corrected chi connectivity index (χ1v) is 11.5. The van der Waals surface area contributed by atoms with Crippen molar-refractivity contribution in [2.24, 2.45) is 0 Å². The largest absolute Gasteiger partial charge is 0.490 e. The molecular formula is C23H28N4O5S. The lowest BCUT2D eigenvalue weighted by atomic mass is 10.2. The topological polar surface area (TPSA) is 103 Å². The van der Waals surface area contributed by atoms with E-state index in [1.54, 1.807) is 37.1 Å². The SMILES string of the molecule is CCOC(=O)c1sc2ncnc(N(C)CC(=O)Nc3ccc(OCC)c(OCC)c3)c2c1C. The summed E-state index contributed by atoms with van der Waals surface area (Å²) in [6.45, 7) is 8.73. The summed E-state index contributed by atoms with van der Waals surface area (Å²) >= 11 is 1.26. The molecule has 0 saturated carbocycles. The van der Waals surface area contributed by atoms with Gasteiger partial charge in [0, 0.05) is 18.8 Å². The van der Waals surface area contributed by atoms with Gasteiger partial charge in [0.1, 0.15) is 21.9 Å². The standard InChI is InChI=1S/C23H28N4O5S/c1-6-30-16-10-9-15(11-17(16)31-7-2)26-18(28)12-27(5)21-19-14(4)20(23(29)32-8-3)33-22(19)25-13-24-21/h9-11,13H,6-8,12H2,1-5H3,(H,26,28). The fraction of sp³-hybridized carbons (Fsp3) is 0.391. The zero-order valence-corrected chi connectivity index (χ0v) is 20.2. The third-order valence-corrected chi connectivity index (χ3v) is 5.92. The molecule has 0 saturated heterocycles. The van der Waals surface area contributed by atoms with Crippen LogP contribution in [-0.2, 0) is 9.53 Å². The molecule has 3 aromatic rings. The van der Waals surface area contributed by atoms with Crippen LogP contribution in [0.25, 0.3) is 10.2 Å². The summed E-state index contributed by atoms with van der Waals surface area (Å²) in [4.78, 5) is 36.6. The van der Waals surface area contributed by atoms with Crippen LogP contribution in [0.4, 0.5) is 11.5 Å². The highest BCUT2D eigenvalue weighted by molar-refractivity contribution is 7.20. The summed E-state index contributed by atoms with van der Waals surface area (Å²) in [7, 11) is 1.77. The molecule has 0 radical (unpaired) electrons. The molecular weight excluding hydrogens is 444 g/mol. The van der Waals surface area contributed by atoms with Crippen molar-refractivity contribution < 1.29 is 23.8 Å². The molecule has 9 nitrogen and oxygen atoms in total. The lowest BCUT2D eigenvalue weighted by molar-refractivity contribution is -0.114. The van der Waals surface area contributed by atoms with Crippen LogP contribution in [0.2, 0.25) is 0 Å². The maximum atomic E-state index is 12.8. The molecule has 176 valence electrons. The predicted molar refractivity (Wildman–Crippen MR) is 129 cm³/mol. The Bertz CT molecular complexity index is 1150. The number of anilines is 2. The van der Waals surface area contributed by atoms with Gasteiger partial charge in [0.2, 0.25) is 5.91 Å². The summed E-state index contributed by atoms with van der Waals surface area (Å²) in [5, 5.41) is 3.62. The van der Waals surface area contributed by atoms with Crippen LogP contribution in [0.3, 0.4) is 0 Å². The monoisotopic (exact) mass is 472 g/mol. The van der Waals surface area contributed by atoms with Crippen molar-refractivity contribution in [3.05, 3.63) is 35.0 Å². The average molecular weight is 473 g/mol. The van der Waals surface area contributed by atoms with Crippen LogP contribution in [0, 0.1) is 6.92 Å². The molecule has 0 bridgehead atoms. The van der Waals surface area contributed by atoms with Gasteiger partial charge < -0.3 is 24.4 Å². The smallest absolute Gasteiger partial charge is 0.348 e. The zero-order valence-electron chi connectivity index (χ0n) is 19.4. The fourth-order valence-electron chi connectivity index (χ4n) is 3.35. The van der Waals surface area contributed by atoms with Gasteiger partial charge in [-0.05, 0) is 45.4 Å². The van der Waals surface area contributed by atoms with Crippen molar-refractivity contribution in [3.63, 3.8) is 0 Å². The predicted octanol–water partition coefficient (Wildman–Crippen LogP) is 4.05. The third-order valence-electron chi connectivity index (χ3n) is 4.74. The molecule has 1 aromatic carbocycles. The number of hydrogen-bond donors (Lipinski definition) is 1. The average Bonchev–Trinajstić information content (AvgIpc) is 3.12. The molecule has 0 aliphatic rings. The van der Waals surface area contributed by atoms with E-state index in [2.05, 4.69) is 15.3 Å². The molecule has 2 aromatic heterocycles. The quantitative estimate of drug-likeness (QED) is 0.441. The Hall–Kier alpha value is -3.40. The van der Waals surface area contributed by atoms with Gasteiger partial charge in [-0.1, -0.05) is 0 Å². The van der Waals surface area contributed by atoms with Crippen molar-refractivity contribution in [1.82, 2.24) is 9.97 Å². The van der Waals surface area contributed by atoms with Gasteiger partial charge in [0.25, 0.3) is 0 Å². The molecule has 1 amide bonds. The van der Waals surface area contributed by atoms with Crippen molar-refractivity contribution >= 4 is 44.9 Å². The number of carbonyl (C=O) groups excluding carboxylic acids is 2. The number of ether oxygens (including phenoxy) is 3. The Morgan fingerprint density at radius 1 is 1.06 bits per heavy atom. The highest BCUT2D eigenvalue weighted by Gasteiger charge is 2.22. The Kier molecular flexibility index (Phi) is 8.05. The highest BCUT2D eigenvalue weighted by Crippen LogP contribution is 2.35. The number of thiophene rings is 1. The van der Waals surface area contributed by atoms with E-state index in [-0.39, 0.29) is 18.4 Å². The summed E-state index contributed by atoms with van der Waals surface area (Å²) in [5.74, 6) is 1.16. The van der Waals surface area contributed by atoms with Gasteiger partial charge in [-0.2, -0.15) is 0 Å². The van der Waals surface area contributed by atoms with E-state index in [0.29, 0.717) is 52.5 Å². The van der Waals surface area contributed by atoms with Crippen molar-refractivity contribution in [1.29, 1.82) is 0 Å². The first-order chi connectivity index (χ1) is 15.9. The Morgan fingerprint density at radius 2 is 1.79 bits per heavy atom. The molecule has 10 heteroatoms. The minimum Gasteiger partial charge on any atom is -0.490 e. The van der Waals surface area contributed by atoms with Gasteiger partial charge in [-0.25, -0.2) is 14.8 Å². The summed E-state index contributed by atoms with van der Waals surface area (Å²) < 4.78 is 16.3. The van der Waals surface area contributed by atoms with E-state index in [9.17, 15) is 9.59 Å². The molecule has 1 N–H and O–H groups in total. The van der Waals surface area contributed by atoms with Gasteiger partial charge >= 0.3 is 5.97 Å². The van der Waals surface area contributed by atoms with Crippen LogP contribution >= 0.6 is 11.3 Å². The molecule has 0 aliphatic carbocycles. The van der Waals surface area contributed by atoms with E-state index >= 15 is 0 Å². The summed E-state index contributed by atoms with van der Waals surface area (Å²) in [5.41, 5.74) is 1.34. The Balaban J connectivity index is 1.79. The number of nitrogens with one attached hydrogen (secondary N) is 1. The Morgan fingerprint density at radius 3 is 2.48 bits per heavy atom. The third kappa shape index (κ3) is 5.51. The van der Waals surface area contributed by atoms with Crippen LogP contribution in [-0.4, -0.2) is 55.3 Å². The van der Waals surface area contributed by atoms with Crippen molar-refractivity contribution in [2.45, 2.75) is 27.7 Å². The van der Waals surface area contributed by atoms with Crippen LogP contribution < -0.4 is 19.7 Å². The van der Waals surface area contributed by atoms with E-state index in [4.69, 9.17) is 14.2 Å². The first kappa shape index (κ1) is 24.2. The number of nitrogens with zero attached hydrogens (tertiary/aromatic N) is 3.